The van der Waals surface area contributed by atoms with Crippen molar-refractivity contribution in [3.8, 4) is 11.8 Å². The van der Waals surface area contributed by atoms with Crippen LogP contribution >= 0.6 is 0 Å². The summed E-state index contributed by atoms with van der Waals surface area (Å²) in [7, 11) is -3.78. The second-order valence-corrected chi connectivity index (χ2v) is 9.73. The molecule has 0 bridgehead atoms. The SMILES string of the molecule is Cc1cccc(O)c1NC(=O)CN1C[C@@H](C)N(S(=O)(=O)c2cccc(C#N)c2)[C@@H](C)C1. The number of phenolic OH excluding ortho intramolecular Hbond substituents is 1. The molecule has 3 rings (SSSR count). The third kappa shape index (κ3) is 4.88. The Morgan fingerprint density at radius 2 is 1.84 bits per heavy atom. The lowest BCUT2D eigenvalue weighted by atomic mass is 10.1. The van der Waals surface area contributed by atoms with Crippen molar-refractivity contribution in [1.29, 1.82) is 5.26 Å². The molecule has 2 aromatic carbocycles. The average molecular weight is 443 g/mol. The molecule has 1 saturated heterocycles. The molecule has 0 aromatic heterocycles. The fourth-order valence-electron chi connectivity index (χ4n) is 4.06. The van der Waals surface area contributed by atoms with Gasteiger partial charge in [-0.3, -0.25) is 9.69 Å². The van der Waals surface area contributed by atoms with Gasteiger partial charge < -0.3 is 10.4 Å². The van der Waals surface area contributed by atoms with Gasteiger partial charge in [0, 0.05) is 25.2 Å². The molecule has 1 aliphatic heterocycles. The number of nitrogens with zero attached hydrogens (tertiary/aromatic N) is 3. The van der Waals surface area contributed by atoms with Gasteiger partial charge in [-0.15, -0.1) is 0 Å². The average Bonchev–Trinajstić information content (AvgIpc) is 2.70. The standard InChI is InChI=1S/C22H26N4O4S/c1-15-6-4-9-20(27)22(15)24-21(28)14-25-12-16(2)26(17(3)13-25)31(29,30)19-8-5-7-18(10-19)11-23/h4-10,16-17,27H,12-14H2,1-3H3,(H,24,28)/t16-,17+. The lowest BCUT2D eigenvalue weighted by Gasteiger charge is -2.43. The largest absolute Gasteiger partial charge is 0.506 e. The van der Waals surface area contributed by atoms with Crippen molar-refractivity contribution >= 4 is 21.6 Å². The molecule has 2 atom stereocenters. The summed E-state index contributed by atoms with van der Waals surface area (Å²) in [6, 6.07) is 12.2. The molecule has 1 heterocycles. The number of anilines is 1. The van der Waals surface area contributed by atoms with Crippen molar-refractivity contribution in [2.75, 3.05) is 25.0 Å². The number of aromatic hydroxyl groups is 1. The first-order valence-corrected chi connectivity index (χ1v) is 11.4. The fraction of sp³-hybridized carbons (Fsp3) is 0.364. The van der Waals surface area contributed by atoms with Gasteiger partial charge in [-0.2, -0.15) is 9.57 Å². The Balaban J connectivity index is 1.71. The Kier molecular flexibility index (Phi) is 6.65. The predicted octanol–water partition coefficient (Wildman–Crippen LogP) is 2.29. The number of hydrogen-bond donors (Lipinski definition) is 2. The molecule has 9 heteroatoms. The number of rotatable bonds is 5. The number of benzene rings is 2. The number of amides is 1. The molecule has 0 saturated carbocycles. The lowest BCUT2D eigenvalue weighted by Crippen LogP contribution is -2.59. The number of nitriles is 1. The van der Waals surface area contributed by atoms with Gasteiger partial charge in [0.25, 0.3) is 0 Å². The van der Waals surface area contributed by atoms with E-state index in [-0.39, 0.29) is 40.7 Å². The van der Waals surface area contributed by atoms with Crippen LogP contribution in [0.1, 0.15) is 25.0 Å². The maximum absolute atomic E-state index is 13.2. The van der Waals surface area contributed by atoms with Crippen LogP contribution in [0.25, 0.3) is 0 Å². The third-order valence-electron chi connectivity index (χ3n) is 5.33. The van der Waals surface area contributed by atoms with Gasteiger partial charge in [0.15, 0.2) is 0 Å². The summed E-state index contributed by atoms with van der Waals surface area (Å²) < 4.78 is 27.9. The first kappa shape index (κ1) is 22.7. The number of para-hydroxylation sites is 1. The Hall–Kier alpha value is -2.93. The number of piperazine rings is 1. The van der Waals surface area contributed by atoms with E-state index in [1.54, 1.807) is 45.0 Å². The van der Waals surface area contributed by atoms with E-state index in [1.165, 1.54) is 22.5 Å². The normalized spacial score (nSPS) is 20.2. The van der Waals surface area contributed by atoms with Crippen LogP contribution in [-0.4, -0.2) is 60.4 Å². The molecule has 0 aliphatic carbocycles. The van der Waals surface area contributed by atoms with Crippen molar-refractivity contribution in [1.82, 2.24) is 9.21 Å². The zero-order chi connectivity index (χ0) is 22.8. The van der Waals surface area contributed by atoms with Gasteiger partial charge in [-0.1, -0.05) is 18.2 Å². The molecule has 1 fully saturated rings. The fourth-order valence-corrected chi connectivity index (χ4v) is 5.92. The van der Waals surface area contributed by atoms with Gasteiger partial charge in [0.05, 0.1) is 28.8 Å². The molecule has 0 unspecified atom stereocenters. The van der Waals surface area contributed by atoms with E-state index in [9.17, 15) is 18.3 Å². The second kappa shape index (κ2) is 9.06. The van der Waals surface area contributed by atoms with E-state index < -0.39 is 10.0 Å². The summed E-state index contributed by atoms with van der Waals surface area (Å²) in [5.74, 6) is -0.271. The molecule has 0 radical (unpaired) electrons. The van der Waals surface area contributed by atoms with Crippen LogP contribution in [0.3, 0.4) is 0 Å². The summed E-state index contributed by atoms with van der Waals surface area (Å²) in [5.41, 5.74) is 1.42. The molecule has 2 N–H and O–H groups in total. The van der Waals surface area contributed by atoms with Crippen LogP contribution in [0.4, 0.5) is 5.69 Å². The van der Waals surface area contributed by atoms with Gasteiger partial charge in [-0.05, 0) is 50.6 Å². The van der Waals surface area contributed by atoms with Crippen LogP contribution in [0, 0.1) is 18.3 Å². The topological polar surface area (TPSA) is 114 Å². The maximum atomic E-state index is 13.2. The zero-order valence-corrected chi connectivity index (χ0v) is 18.6. The summed E-state index contributed by atoms with van der Waals surface area (Å²) in [4.78, 5) is 14.5. The van der Waals surface area contributed by atoms with Crippen LogP contribution in [0.15, 0.2) is 47.4 Å². The third-order valence-corrected chi connectivity index (χ3v) is 7.46. The zero-order valence-electron chi connectivity index (χ0n) is 17.7. The van der Waals surface area contributed by atoms with E-state index in [2.05, 4.69) is 5.32 Å². The van der Waals surface area contributed by atoms with Crippen LogP contribution in [0.2, 0.25) is 0 Å². The Morgan fingerprint density at radius 3 is 2.45 bits per heavy atom. The number of carbonyl (C=O) groups excluding carboxylic acids is 1. The smallest absolute Gasteiger partial charge is 0.243 e. The minimum absolute atomic E-state index is 0.00518. The highest BCUT2D eigenvalue weighted by Gasteiger charge is 2.38. The van der Waals surface area contributed by atoms with Crippen molar-refractivity contribution < 1.29 is 18.3 Å². The molecular weight excluding hydrogens is 416 g/mol. The number of aryl methyl sites for hydroxylation is 1. The Bertz CT molecular complexity index is 1090. The highest BCUT2D eigenvalue weighted by Crippen LogP contribution is 2.28. The number of hydrogen-bond acceptors (Lipinski definition) is 6. The number of nitrogens with one attached hydrogen (secondary N) is 1. The summed E-state index contributed by atoms with van der Waals surface area (Å²) in [6.45, 7) is 6.26. The minimum atomic E-state index is -3.78. The molecule has 2 aromatic rings. The Labute approximate surface area is 182 Å². The van der Waals surface area contributed by atoms with Gasteiger partial charge in [-0.25, -0.2) is 8.42 Å². The van der Waals surface area contributed by atoms with E-state index in [1.807, 2.05) is 11.0 Å². The minimum Gasteiger partial charge on any atom is -0.506 e. The van der Waals surface area contributed by atoms with Crippen LogP contribution in [0.5, 0.6) is 5.75 Å². The molecule has 1 amide bonds. The molecule has 1 aliphatic rings. The van der Waals surface area contributed by atoms with Crippen molar-refractivity contribution in [3.05, 3.63) is 53.6 Å². The van der Waals surface area contributed by atoms with Gasteiger partial charge >= 0.3 is 0 Å². The molecule has 164 valence electrons. The number of phenols is 1. The van der Waals surface area contributed by atoms with Crippen molar-refractivity contribution in [3.63, 3.8) is 0 Å². The predicted molar refractivity (Wildman–Crippen MR) is 117 cm³/mol. The monoisotopic (exact) mass is 442 g/mol. The second-order valence-electron chi connectivity index (χ2n) is 7.88. The molecule has 8 nitrogen and oxygen atoms in total. The number of carbonyl (C=O) groups is 1. The molecular formula is C22H26N4O4S. The lowest BCUT2D eigenvalue weighted by molar-refractivity contribution is -0.118. The maximum Gasteiger partial charge on any atom is 0.243 e. The summed E-state index contributed by atoms with van der Waals surface area (Å²) >= 11 is 0. The summed E-state index contributed by atoms with van der Waals surface area (Å²) in [6.07, 6.45) is 0. The first-order chi connectivity index (χ1) is 14.6. The molecule has 0 spiro atoms. The van der Waals surface area contributed by atoms with Crippen LogP contribution in [-0.2, 0) is 14.8 Å². The first-order valence-electron chi connectivity index (χ1n) is 9.98. The van der Waals surface area contributed by atoms with Gasteiger partial charge in [0.2, 0.25) is 15.9 Å². The van der Waals surface area contributed by atoms with E-state index in [0.717, 1.165) is 5.56 Å². The summed E-state index contributed by atoms with van der Waals surface area (Å²) in [5, 5.41) is 21.8. The van der Waals surface area contributed by atoms with Crippen molar-refractivity contribution in [2.24, 2.45) is 0 Å². The van der Waals surface area contributed by atoms with E-state index in [0.29, 0.717) is 18.8 Å². The molecule has 31 heavy (non-hydrogen) atoms. The highest BCUT2D eigenvalue weighted by atomic mass is 32.2. The van der Waals surface area contributed by atoms with Crippen molar-refractivity contribution in [2.45, 2.75) is 37.8 Å². The van der Waals surface area contributed by atoms with E-state index >= 15 is 0 Å². The highest BCUT2D eigenvalue weighted by molar-refractivity contribution is 7.89. The number of sulfonamides is 1. The van der Waals surface area contributed by atoms with Crippen LogP contribution < -0.4 is 5.32 Å². The Morgan fingerprint density at radius 1 is 1.19 bits per heavy atom. The van der Waals surface area contributed by atoms with Gasteiger partial charge in [0.1, 0.15) is 5.75 Å². The quantitative estimate of drug-likeness (QED) is 0.687. The van der Waals surface area contributed by atoms with E-state index in [4.69, 9.17) is 5.26 Å².